The van der Waals surface area contributed by atoms with Gasteiger partial charge in [-0.25, -0.2) is 4.79 Å². The van der Waals surface area contributed by atoms with Crippen molar-refractivity contribution >= 4 is 29.8 Å². The van der Waals surface area contributed by atoms with Gasteiger partial charge in [0.1, 0.15) is 18.1 Å². The van der Waals surface area contributed by atoms with Crippen LogP contribution in [0.1, 0.15) is 67.4 Å². The van der Waals surface area contributed by atoms with Gasteiger partial charge in [0.05, 0.1) is 12.2 Å². The normalized spacial score (nSPS) is 14.1. The highest BCUT2D eigenvalue weighted by atomic mass is 16.5. The fourth-order valence-corrected chi connectivity index (χ4v) is 4.23. The van der Waals surface area contributed by atoms with Gasteiger partial charge in [0.15, 0.2) is 0 Å². The molecule has 0 atom stereocenters. The van der Waals surface area contributed by atoms with E-state index in [1.54, 1.807) is 73.4 Å². The highest BCUT2D eigenvalue weighted by Gasteiger charge is 2.28. The van der Waals surface area contributed by atoms with Gasteiger partial charge in [0.25, 0.3) is 0 Å². The number of carbonyl (C=O) groups is 3. The second-order valence-corrected chi connectivity index (χ2v) is 8.81. The number of carbonyl (C=O) groups excluding carboxylic acids is 3. The fraction of sp³-hybridized carbons (Fsp3) is 0.357. The second kappa shape index (κ2) is 12.7. The number of nitrogens with zero attached hydrogens (tertiary/aromatic N) is 1. The molecule has 0 bridgehead atoms. The van der Waals surface area contributed by atoms with Crippen LogP contribution in [0.25, 0.3) is 6.08 Å². The van der Waals surface area contributed by atoms with Crippen molar-refractivity contribution in [3.05, 3.63) is 70.8 Å². The summed E-state index contributed by atoms with van der Waals surface area (Å²) in [5, 5.41) is 7.42. The van der Waals surface area contributed by atoms with Crippen molar-refractivity contribution < 1.29 is 23.9 Å². The van der Waals surface area contributed by atoms with Crippen LogP contribution in [0.2, 0.25) is 0 Å². The Balaban J connectivity index is 1.68. The maximum Gasteiger partial charge on any atom is 0.343 e. The quantitative estimate of drug-likeness (QED) is 0.177. The topological polar surface area (TPSA) is 123 Å². The van der Waals surface area contributed by atoms with Gasteiger partial charge in [-0.15, -0.1) is 0 Å². The van der Waals surface area contributed by atoms with Crippen LogP contribution in [0.4, 0.5) is 0 Å². The number of esters is 2. The standard InChI is InChI=1S/C28H33N3O5/c1-3-35-25(32)18-31(23-7-5-4-6-8-23)27(33)19(2)17-20-9-11-22(12-10-20)28(34)36-24-15-13-21(14-16-24)26(29)30/h9-17,23H,3-8,18H2,1-2H3,(H3,29,30)/b19-17+. The molecule has 1 amide bonds. The van der Waals surface area contributed by atoms with Crippen molar-refractivity contribution in [2.45, 2.75) is 52.0 Å². The van der Waals surface area contributed by atoms with E-state index < -0.39 is 11.9 Å². The summed E-state index contributed by atoms with van der Waals surface area (Å²) in [4.78, 5) is 39.6. The van der Waals surface area contributed by atoms with Crippen molar-refractivity contribution in [3.8, 4) is 5.75 Å². The van der Waals surface area contributed by atoms with E-state index in [2.05, 4.69) is 0 Å². The largest absolute Gasteiger partial charge is 0.465 e. The minimum absolute atomic E-state index is 0.0284. The van der Waals surface area contributed by atoms with Gasteiger partial charge in [0, 0.05) is 17.2 Å². The maximum absolute atomic E-state index is 13.3. The molecule has 190 valence electrons. The lowest BCUT2D eigenvalue weighted by atomic mass is 9.93. The highest BCUT2D eigenvalue weighted by Crippen LogP contribution is 2.24. The molecule has 3 rings (SSSR count). The number of nitrogens with two attached hydrogens (primary N) is 1. The summed E-state index contributed by atoms with van der Waals surface area (Å²) in [6.07, 6.45) is 6.74. The Kier molecular flexibility index (Phi) is 9.39. The number of hydrogen-bond acceptors (Lipinski definition) is 6. The van der Waals surface area contributed by atoms with Crippen molar-refractivity contribution in [1.82, 2.24) is 4.90 Å². The van der Waals surface area contributed by atoms with Gasteiger partial charge in [-0.05, 0) is 74.7 Å². The van der Waals surface area contributed by atoms with Gasteiger partial charge in [-0.2, -0.15) is 0 Å². The Bertz CT molecular complexity index is 1120. The maximum atomic E-state index is 13.3. The van der Waals surface area contributed by atoms with E-state index in [1.807, 2.05) is 0 Å². The number of rotatable bonds is 9. The van der Waals surface area contributed by atoms with Crippen LogP contribution in [0.15, 0.2) is 54.1 Å². The molecule has 1 fully saturated rings. The Morgan fingerprint density at radius 3 is 2.19 bits per heavy atom. The molecule has 8 nitrogen and oxygen atoms in total. The van der Waals surface area contributed by atoms with Crippen LogP contribution in [-0.4, -0.2) is 47.8 Å². The molecular weight excluding hydrogens is 458 g/mol. The lowest BCUT2D eigenvalue weighted by Gasteiger charge is -2.34. The molecule has 0 saturated heterocycles. The van der Waals surface area contributed by atoms with E-state index in [0.29, 0.717) is 22.4 Å². The van der Waals surface area contributed by atoms with Crippen molar-refractivity contribution in [2.75, 3.05) is 13.2 Å². The van der Waals surface area contributed by atoms with Crippen LogP contribution >= 0.6 is 0 Å². The Labute approximate surface area is 211 Å². The van der Waals surface area contributed by atoms with Gasteiger partial charge in [0.2, 0.25) is 5.91 Å². The molecule has 0 radical (unpaired) electrons. The predicted molar refractivity (Wildman–Crippen MR) is 138 cm³/mol. The predicted octanol–water partition coefficient (Wildman–Crippen LogP) is 4.32. The van der Waals surface area contributed by atoms with Gasteiger partial charge < -0.3 is 20.1 Å². The average Bonchev–Trinajstić information content (AvgIpc) is 2.88. The van der Waals surface area contributed by atoms with Crippen molar-refractivity contribution in [2.24, 2.45) is 5.73 Å². The first-order valence-electron chi connectivity index (χ1n) is 12.2. The molecule has 0 aromatic heterocycles. The minimum atomic E-state index is -0.521. The Hall–Kier alpha value is -3.94. The fourth-order valence-electron chi connectivity index (χ4n) is 4.23. The zero-order chi connectivity index (χ0) is 26.1. The molecule has 1 aliphatic carbocycles. The van der Waals surface area contributed by atoms with Crippen molar-refractivity contribution in [1.29, 1.82) is 5.41 Å². The lowest BCUT2D eigenvalue weighted by Crippen LogP contribution is -2.45. The van der Waals surface area contributed by atoms with Gasteiger partial charge >= 0.3 is 11.9 Å². The zero-order valence-corrected chi connectivity index (χ0v) is 20.8. The highest BCUT2D eigenvalue weighted by molar-refractivity contribution is 5.99. The minimum Gasteiger partial charge on any atom is -0.465 e. The number of benzene rings is 2. The van der Waals surface area contributed by atoms with E-state index in [9.17, 15) is 14.4 Å². The zero-order valence-electron chi connectivity index (χ0n) is 20.8. The molecule has 2 aromatic rings. The number of ether oxygens (including phenoxy) is 2. The average molecular weight is 492 g/mol. The van der Waals surface area contributed by atoms with E-state index >= 15 is 0 Å². The van der Waals surface area contributed by atoms with Gasteiger partial charge in [-0.3, -0.25) is 15.0 Å². The van der Waals surface area contributed by atoms with Crippen LogP contribution in [0.3, 0.4) is 0 Å². The molecule has 2 aromatic carbocycles. The SMILES string of the molecule is CCOC(=O)CN(C(=O)/C(C)=C/c1ccc(C(=O)Oc2ccc(C(=N)N)cc2)cc1)C1CCCCC1. The summed E-state index contributed by atoms with van der Waals surface area (Å²) in [5.41, 5.74) is 7.60. The third kappa shape index (κ3) is 7.28. The first-order chi connectivity index (χ1) is 17.3. The summed E-state index contributed by atoms with van der Waals surface area (Å²) in [6.45, 7) is 3.70. The Morgan fingerprint density at radius 1 is 1.00 bits per heavy atom. The van der Waals surface area contributed by atoms with E-state index in [-0.39, 0.29) is 30.9 Å². The third-order valence-corrected chi connectivity index (χ3v) is 6.12. The number of amidine groups is 1. The van der Waals surface area contributed by atoms with E-state index in [0.717, 1.165) is 37.7 Å². The summed E-state index contributed by atoms with van der Waals surface area (Å²) >= 11 is 0. The first kappa shape index (κ1) is 26.7. The Morgan fingerprint density at radius 2 is 1.61 bits per heavy atom. The number of nitrogen functional groups attached to an aromatic ring is 1. The van der Waals surface area contributed by atoms with Crippen LogP contribution in [0.5, 0.6) is 5.75 Å². The molecule has 0 aliphatic heterocycles. The van der Waals surface area contributed by atoms with Gasteiger partial charge in [-0.1, -0.05) is 31.4 Å². The number of amides is 1. The summed E-state index contributed by atoms with van der Waals surface area (Å²) in [5.74, 6) is -0.824. The molecule has 0 unspecified atom stereocenters. The molecule has 0 spiro atoms. The second-order valence-electron chi connectivity index (χ2n) is 8.81. The van der Waals surface area contributed by atoms with Crippen LogP contribution in [0, 0.1) is 5.41 Å². The van der Waals surface area contributed by atoms with E-state index in [1.165, 1.54) is 0 Å². The lowest BCUT2D eigenvalue weighted by molar-refractivity contribution is -0.149. The molecule has 8 heteroatoms. The molecular formula is C28H33N3O5. The molecule has 1 saturated carbocycles. The molecule has 0 heterocycles. The van der Waals surface area contributed by atoms with Crippen molar-refractivity contribution in [3.63, 3.8) is 0 Å². The summed E-state index contributed by atoms with van der Waals surface area (Å²) in [6, 6.07) is 13.1. The van der Waals surface area contributed by atoms with Crippen LogP contribution in [-0.2, 0) is 14.3 Å². The number of hydrogen-bond donors (Lipinski definition) is 2. The summed E-state index contributed by atoms with van der Waals surface area (Å²) in [7, 11) is 0. The molecule has 1 aliphatic rings. The first-order valence-corrected chi connectivity index (χ1v) is 12.2. The summed E-state index contributed by atoms with van der Waals surface area (Å²) < 4.78 is 10.5. The smallest absolute Gasteiger partial charge is 0.343 e. The van der Waals surface area contributed by atoms with Crippen LogP contribution < -0.4 is 10.5 Å². The van der Waals surface area contributed by atoms with E-state index in [4.69, 9.17) is 20.6 Å². The molecule has 3 N–H and O–H groups in total. The molecule has 36 heavy (non-hydrogen) atoms. The third-order valence-electron chi connectivity index (χ3n) is 6.12. The monoisotopic (exact) mass is 491 g/mol. The number of nitrogens with one attached hydrogen (secondary N) is 1.